The highest BCUT2D eigenvalue weighted by Gasteiger charge is 2.37. The van der Waals surface area contributed by atoms with E-state index in [9.17, 15) is 4.79 Å². The number of nitrogens with zero attached hydrogens (tertiary/aromatic N) is 5. The van der Waals surface area contributed by atoms with Crippen molar-refractivity contribution in [3.8, 4) is 0 Å². The number of hydrogen-bond donors (Lipinski definition) is 0. The van der Waals surface area contributed by atoms with E-state index in [2.05, 4.69) is 44.9 Å². The second-order valence-electron chi connectivity index (χ2n) is 9.08. The van der Waals surface area contributed by atoms with Gasteiger partial charge in [0, 0.05) is 38.0 Å². The Bertz CT molecular complexity index is 875. The largest absolute Gasteiger partial charge is 0.370 e. The zero-order valence-electron chi connectivity index (χ0n) is 17.7. The predicted octanol–water partition coefficient (Wildman–Crippen LogP) is 3.47. The zero-order valence-corrected chi connectivity index (χ0v) is 17.7. The summed E-state index contributed by atoms with van der Waals surface area (Å²) in [5, 5.41) is 4.73. The van der Waals surface area contributed by atoms with Gasteiger partial charge in [-0.05, 0) is 50.2 Å². The minimum atomic E-state index is -0.192. The van der Waals surface area contributed by atoms with Crippen LogP contribution in [0.15, 0.2) is 12.3 Å². The maximum Gasteiger partial charge on any atom is 0.228 e. The number of likely N-dealkylation sites (tertiary alicyclic amines) is 1. The maximum atomic E-state index is 12.8. The van der Waals surface area contributed by atoms with Crippen molar-refractivity contribution >= 4 is 17.2 Å². The van der Waals surface area contributed by atoms with Crippen LogP contribution in [0.25, 0.3) is 5.65 Å². The summed E-state index contributed by atoms with van der Waals surface area (Å²) in [7, 11) is 0. The Hall–Kier alpha value is -2.11. The van der Waals surface area contributed by atoms with Crippen LogP contribution in [0.3, 0.4) is 0 Å². The highest BCUT2D eigenvalue weighted by molar-refractivity contribution is 5.83. The summed E-state index contributed by atoms with van der Waals surface area (Å²) in [4.78, 5) is 22.0. The first-order valence-electron chi connectivity index (χ1n) is 10.8. The summed E-state index contributed by atoms with van der Waals surface area (Å²) < 4.78 is 1.93. The summed E-state index contributed by atoms with van der Waals surface area (Å²) in [6, 6.07) is 2.23. The first-order chi connectivity index (χ1) is 13.4. The fraction of sp³-hybridized carbons (Fsp3) is 0.682. The Morgan fingerprint density at radius 3 is 2.86 bits per heavy atom. The van der Waals surface area contributed by atoms with Gasteiger partial charge in [-0.15, -0.1) is 0 Å². The number of rotatable bonds is 5. The van der Waals surface area contributed by atoms with Crippen LogP contribution in [0, 0.1) is 18.3 Å². The van der Waals surface area contributed by atoms with Gasteiger partial charge in [0.1, 0.15) is 0 Å². The second-order valence-corrected chi connectivity index (χ2v) is 9.08. The van der Waals surface area contributed by atoms with Crippen LogP contribution in [0.2, 0.25) is 0 Å². The lowest BCUT2D eigenvalue weighted by molar-refractivity contribution is -0.145. The van der Waals surface area contributed by atoms with Crippen LogP contribution >= 0.6 is 0 Å². The summed E-state index contributed by atoms with van der Waals surface area (Å²) in [6.45, 7) is 12.4. The fourth-order valence-corrected chi connectivity index (χ4v) is 4.65. The Kier molecular flexibility index (Phi) is 5.06. The predicted molar refractivity (Wildman–Crippen MR) is 112 cm³/mol. The van der Waals surface area contributed by atoms with E-state index in [0.717, 1.165) is 61.8 Å². The van der Waals surface area contributed by atoms with Crippen LogP contribution in [-0.2, 0) is 11.2 Å². The Labute approximate surface area is 167 Å². The molecule has 2 aliphatic heterocycles. The highest BCUT2D eigenvalue weighted by atomic mass is 16.2. The molecule has 2 unspecified atom stereocenters. The Morgan fingerprint density at radius 1 is 1.32 bits per heavy atom. The zero-order chi connectivity index (χ0) is 19.9. The molecular weight excluding hydrogens is 350 g/mol. The standard InChI is InChI=1S/C22H33N5O/c1-5-22(4)9-6-10-25(21(22)28)12-8-19-23-20-17(3)13-18(15-27(20)24-19)26-11-7-16(2)14-26/h13,15-16H,5-12,14H2,1-4H3. The van der Waals surface area contributed by atoms with Crippen molar-refractivity contribution in [2.24, 2.45) is 11.3 Å². The second kappa shape index (κ2) is 7.37. The smallest absolute Gasteiger partial charge is 0.228 e. The highest BCUT2D eigenvalue weighted by Crippen LogP contribution is 2.34. The summed E-state index contributed by atoms with van der Waals surface area (Å²) in [5.74, 6) is 1.87. The van der Waals surface area contributed by atoms with Gasteiger partial charge in [-0.25, -0.2) is 9.50 Å². The van der Waals surface area contributed by atoms with Gasteiger partial charge in [0.15, 0.2) is 11.5 Å². The first kappa shape index (κ1) is 19.2. The number of pyridine rings is 1. The lowest BCUT2D eigenvalue weighted by Gasteiger charge is -2.38. The van der Waals surface area contributed by atoms with E-state index >= 15 is 0 Å². The lowest BCUT2D eigenvalue weighted by atomic mass is 9.79. The third-order valence-corrected chi connectivity index (χ3v) is 6.78. The number of hydrogen-bond acceptors (Lipinski definition) is 4. The molecule has 6 nitrogen and oxygen atoms in total. The molecule has 4 rings (SSSR count). The van der Waals surface area contributed by atoms with Gasteiger partial charge >= 0.3 is 0 Å². The third-order valence-electron chi connectivity index (χ3n) is 6.78. The number of anilines is 1. The molecule has 2 fully saturated rings. The van der Waals surface area contributed by atoms with Crippen molar-refractivity contribution in [2.45, 2.75) is 59.8 Å². The molecule has 2 aromatic rings. The molecular formula is C22H33N5O. The molecule has 0 N–H and O–H groups in total. The molecule has 0 aliphatic carbocycles. The van der Waals surface area contributed by atoms with E-state index in [4.69, 9.17) is 10.1 Å². The Balaban J connectivity index is 1.49. The average Bonchev–Trinajstić information content (AvgIpc) is 3.29. The van der Waals surface area contributed by atoms with Crippen molar-refractivity contribution in [3.05, 3.63) is 23.7 Å². The summed E-state index contributed by atoms with van der Waals surface area (Å²) >= 11 is 0. The number of aromatic nitrogens is 3. The Morgan fingerprint density at radius 2 is 2.14 bits per heavy atom. The molecule has 0 bridgehead atoms. The summed E-state index contributed by atoms with van der Waals surface area (Å²) in [5.41, 5.74) is 3.12. The lowest BCUT2D eigenvalue weighted by Crippen LogP contribution is -2.47. The van der Waals surface area contributed by atoms with Gasteiger partial charge in [-0.1, -0.05) is 20.8 Å². The molecule has 2 aliphatic rings. The molecule has 6 heteroatoms. The minimum Gasteiger partial charge on any atom is -0.370 e. The van der Waals surface area contributed by atoms with Gasteiger partial charge in [-0.3, -0.25) is 4.79 Å². The quantitative estimate of drug-likeness (QED) is 0.793. The van der Waals surface area contributed by atoms with Gasteiger partial charge in [0.2, 0.25) is 5.91 Å². The maximum absolute atomic E-state index is 12.8. The number of aryl methyl sites for hydroxylation is 1. The van der Waals surface area contributed by atoms with E-state index in [1.165, 1.54) is 12.1 Å². The van der Waals surface area contributed by atoms with Crippen molar-refractivity contribution in [1.82, 2.24) is 19.5 Å². The minimum absolute atomic E-state index is 0.192. The van der Waals surface area contributed by atoms with Gasteiger partial charge < -0.3 is 9.80 Å². The molecule has 0 aromatic carbocycles. The SMILES string of the molecule is CCC1(C)CCCN(CCc2nc3c(C)cc(N4CCC(C)C4)cn3n2)C1=O. The molecule has 4 heterocycles. The van der Waals surface area contributed by atoms with Gasteiger partial charge in [0.05, 0.1) is 11.9 Å². The number of amides is 1. The van der Waals surface area contributed by atoms with E-state index < -0.39 is 0 Å². The summed E-state index contributed by atoms with van der Waals surface area (Å²) in [6.07, 6.45) is 7.07. The molecule has 152 valence electrons. The van der Waals surface area contributed by atoms with E-state index in [1.807, 2.05) is 9.42 Å². The van der Waals surface area contributed by atoms with E-state index in [0.29, 0.717) is 18.9 Å². The van der Waals surface area contributed by atoms with Crippen molar-refractivity contribution in [2.75, 3.05) is 31.1 Å². The topological polar surface area (TPSA) is 53.7 Å². The molecule has 0 spiro atoms. The normalized spacial score (nSPS) is 25.9. The van der Waals surface area contributed by atoms with Crippen LogP contribution in [0.4, 0.5) is 5.69 Å². The molecule has 2 saturated heterocycles. The molecule has 28 heavy (non-hydrogen) atoms. The van der Waals surface area contributed by atoms with Crippen LogP contribution < -0.4 is 4.90 Å². The molecule has 2 aromatic heterocycles. The number of fused-ring (bicyclic) bond motifs is 1. The van der Waals surface area contributed by atoms with Crippen LogP contribution in [0.1, 0.15) is 57.8 Å². The molecule has 1 amide bonds. The van der Waals surface area contributed by atoms with E-state index in [1.54, 1.807) is 0 Å². The first-order valence-corrected chi connectivity index (χ1v) is 10.8. The number of piperidine rings is 1. The molecule has 2 atom stereocenters. The fourth-order valence-electron chi connectivity index (χ4n) is 4.65. The van der Waals surface area contributed by atoms with Crippen molar-refractivity contribution in [1.29, 1.82) is 0 Å². The molecule has 0 saturated carbocycles. The number of carbonyl (C=O) groups excluding carboxylic acids is 1. The molecule has 0 radical (unpaired) electrons. The average molecular weight is 384 g/mol. The van der Waals surface area contributed by atoms with Crippen LogP contribution in [0.5, 0.6) is 0 Å². The van der Waals surface area contributed by atoms with Gasteiger partial charge in [-0.2, -0.15) is 5.10 Å². The van der Waals surface area contributed by atoms with Gasteiger partial charge in [0.25, 0.3) is 0 Å². The van der Waals surface area contributed by atoms with E-state index in [-0.39, 0.29) is 5.41 Å². The van der Waals surface area contributed by atoms with Crippen LogP contribution in [-0.4, -0.2) is 51.6 Å². The monoisotopic (exact) mass is 383 g/mol. The number of carbonyl (C=O) groups is 1. The third kappa shape index (κ3) is 3.49. The van der Waals surface area contributed by atoms with Crippen molar-refractivity contribution in [3.63, 3.8) is 0 Å². The van der Waals surface area contributed by atoms with Crippen molar-refractivity contribution < 1.29 is 4.79 Å².